The lowest BCUT2D eigenvalue weighted by atomic mass is 10.1. The third-order valence-electron chi connectivity index (χ3n) is 2.37. The number of aryl methyl sites for hydroxylation is 1. The predicted molar refractivity (Wildman–Crippen MR) is 63.0 cm³/mol. The van der Waals surface area contributed by atoms with Gasteiger partial charge >= 0.3 is 6.03 Å². The highest BCUT2D eigenvalue weighted by atomic mass is 16.2. The van der Waals surface area contributed by atoms with Crippen LogP contribution in [0.15, 0.2) is 18.5 Å². The van der Waals surface area contributed by atoms with Crippen LogP contribution in [0.25, 0.3) is 0 Å². The Bertz CT molecular complexity index is 420. The minimum atomic E-state index is -0.844. The van der Waals surface area contributed by atoms with Gasteiger partial charge in [-0.15, -0.1) is 0 Å². The van der Waals surface area contributed by atoms with Crippen LogP contribution in [-0.4, -0.2) is 23.0 Å². The maximum Gasteiger partial charge on any atom is 0.318 e. The second kappa shape index (κ2) is 5.95. The molecule has 0 aliphatic rings. The average molecular weight is 236 g/mol. The standard InChI is InChI=1S/C11H16N4O2/c1-7-5-13-4-3-9(7)6-14-8(2)10(16)15-11(12)17/h3-5,8,14H,6H2,1-2H3,(H3,12,15,16,17). The van der Waals surface area contributed by atoms with Gasteiger partial charge in [-0.25, -0.2) is 4.79 Å². The predicted octanol–water partition coefficient (Wildman–Crippen LogP) is 0.0630. The molecular formula is C11H16N4O2. The van der Waals surface area contributed by atoms with Crippen LogP contribution in [0.3, 0.4) is 0 Å². The molecule has 6 heteroatoms. The molecule has 0 aliphatic carbocycles. The Labute approximate surface area is 99.6 Å². The van der Waals surface area contributed by atoms with Crippen LogP contribution in [0.1, 0.15) is 18.1 Å². The minimum Gasteiger partial charge on any atom is -0.351 e. The van der Waals surface area contributed by atoms with Gasteiger partial charge in [0.1, 0.15) is 0 Å². The number of imide groups is 1. The third kappa shape index (κ3) is 4.20. The Hall–Kier alpha value is -1.95. The van der Waals surface area contributed by atoms with Crippen molar-refractivity contribution in [1.29, 1.82) is 0 Å². The summed E-state index contributed by atoms with van der Waals surface area (Å²) >= 11 is 0. The van der Waals surface area contributed by atoms with Gasteiger partial charge in [-0.05, 0) is 31.0 Å². The molecule has 0 saturated carbocycles. The highest BCUT2D eigenvalue weighted by Gasteiger charge is 2.13. The van der Waals surface area contributed by atoms with E-state index in [1.807, 2.05) is 18.3 Å². The van der Waals surface area contributed by atoms with E-state index in [0.717, 1.165) is 11.1 Å². The summed E-state index contributed by atoms with van der Waals surface area (Å²) in [5.41, 5.74) is 6.95. The van der Waals surface area contributed by atoms with Gasteiger partial charge in [0.15, 0.2) is 0 Å². The molecule has 0 saturated heterocycles. The lowest BCUT2D eigenvalue weighted by molar-refractivity contribution is -0.121. The van der Waals surface area contributed by atoms with Gasteiger partial charge in [-0.2, -0.15) is 0 Å². The van der Waals surface area contributed by atoms with Crippen molar-refractivity contribution in [2.75, 3.05) is 0 Å². The molecule has 1 heterocycles. The third-order valence-corrected chi connectivity index (χ3v) is 2.37. The van der Waals surface area contributed by atoms with Crippen molar-refractivity contribution < 1.29 is 9.59 Å². The molecule has 1 aromatic heterocycles. The first kappa shape index (κ1) is 13.1. The maximum absolute atomic E-state index is 11.4. The smallest absolute Gasteiger partial charge is 0.318 e. The number of aromatic nitrogens is 1. The summed E-state index contributed by atoms with van der Waals surface area (Å²) in [6, 6.07) is 0.542. The largest absolute Gasteiger partial charge is 0.351 e. The molecule has 6 nitrogen and oxygen atoms in total. The fourth-order valence-electron chi connectivity index (χ4n) is 1.29. The van der Waals surface area contributed by atoms with Crippen LogP contribution in [0.2, 0.25) is 0 Å². The van der Waals surface area contributed by atoms with Crippen molar-refractivity contribution >= 4 is 11.9 Å². The zero-order valence-electron chi connectivity index (χ0n) is 9.86. The molecule has 92 valence electrons. The normalized spacial score (nSPS) is 11.9. The number of nitrogens with two attached hydrogens (primary N) is 1. The molecule has 4 N–H and O–H groups in total. The van der Waals surface area contributed by atoms with Crippen molar-refractivity contribution in [2.45, 2.75) is 26.4 Å². The molecule has 0 radical (unpaired) electrons. The summed E-state index contributed by atoms with van der Waals surface area (Å²) in [6.07, 6.45) is 3.45. The van der Waals surface area contributed by atoms with Gasteiger partial charge in [0, 0.05) is 18.9 Å². The number of nitrogens with one attached hydrogen (secondary N) is 2. The van der Waals surface area contributed by atoms with E-state index in [2.05, 4.69) is 10.3 Å². The Balaban J connectivity index is 2.48. The number of primary amides is 1. The number of amides is 3. The van der Waals surface area contributed by atoms with Crippen molar-refractivity contribution in [3.8, 4) is 0 Å². The van der Waals surface area contributed by atoms with E-state index in [1.54, 1.807) is 19.3 Å². The molecule has 1 aromatic rings. The molecular weight excluding hydrogens is 220 g/mol. The number of urea groups is 1. The summed E-state index contributed by atoms with van der Waals surface area (Å²) < 4.78 is 0. The SMILES string of the molecule is Cc1cnccc1CNC(C)C(=O)NC(N)=O. The summed E-state index contributed by atoms with van der Waals surface area (Å²) in [5, 5.41) is 5.02. The van der Waals surface area contributed by atoms with Crippen LogP contribution in [0.4, 0.5) is 4.79 Å². The molecule has 0 spiro atoms. The first-order valence-electron chi connectivity index (χ1n) is 5.24. The van der Waals surface area contributed by atoms with Gasteiger partial charge in [-0.1, -0.05) is 0 Å². The molecule has 0 aliphatic heterocycles. The van der Waals surface area contributed by atoms with E-state index in [9.17, 15) is 9.59 Å². The average Bonchev–Trinajstić information content (AvgIpc) is 2.26. The van der Waals surface area contributed by atoms with Crippen LogP contribution in [-0.2, 0) is 11.3 Å². The monoisotopic (exact) mass is 236 g/mol. The van der Waals surface area contributed by atoms with E-state index in [4.69, 9.17) is 5.73 Å². The van der Waals surface area contributed by atoms with E-state index >= 15 is 0 Å². The lowest BCUT2D eigenvalue weighted by Crippen LogP contribution is -2.46. The zero-order valence-corrected chi connectivity index (χ0v) is 9.86. The summed E-state index contributed by atoms with van der Waals surface area (Å²) in [5.74, 6) is -0.441. The first-order valence-corrected chi connectivity index (χ1v) is 5.24. The maximum atomic E-state index is 11.4. The van der Waals surface area contributed by atoms with Gasteiger partial charge < -0.3 is 11.1 Å². The van der Waals surface area contributed by atoms with Crippen LogP contribution < -0.4 is 16.4 Å². The van der Waals surface area contributed by atoms with Crippen LogP contribution >= 0.6 is 0 Å². The fraction of sp³-hybridized carbons (Fsp3) is 0.364. The molecule has 0 aromatic carbocycles. The number of rotatable bonds is 4. The van der Waals surface area contributed by atoms with Gasteiger partial charge in [-0.3, -0.25) is 15.1 Å². The summed E-state index contributed by atoms with van der Waals surface area (Å²) in [7, 11) is 0. The Morgan fingerprint density at radius 2 is 2.24 bits per heavy atom. The number of carbonyl (C=O) groups is 2. The first-order chi connectivity index (χ1) is 8.00. The zero-order chi connectivity index (χ0) is 12.8. The van der Waals surface area contributed by atoms with E-state index in [1.165, 1.54) is 0 Å². The van der Waals surface area contributed by atoms with E-state index < -0.39 is 18.0 Å². The van der Waals surface area contributed by atoms with Gasteiger partial charge in [0.25, 0.3) is 0 Å². The van der Waals surface area contributed by atoms with E-state index in [0.29, 0.717) is 6.54 Å². The molecule has 0 fully saturated rings. The molecule has 0 bridgehead atoms. The fourth-order valence-corrected chi connectivity index (χ4v) is 1.29. The number of nitrogens with zero attached hydrogens (tertiary/aromatic N) is 1. The van der Waals surface area contributed by atoms with Gasteiger partial charge in [0.2, 0.25) is 5.91 Å². The number of carbonyl (C=O) groups excluding carboxylic acids is 2. The lowest BCUT2D eigenvalue weighted by Gasteiger charge is -2.13. The van der Waals surface area contributed by atoms with Crippen LogP contribution in [0.5, 0.6) is 0 Å². The molecule has 1 unspecified atom stereocenters. The van der Waals surface area contributed by atoms with Crippen LogP contribution in [0, 0.1) is 6.92 Å². The quantitative estimate of drug-likeness (QED) is 0.688. The Morgan fingerprint density at radius 3 is 2.82 bits per heavy atom. The van der Waals surface area contributed by atoms with Gasteiger partial charge in [0.05, 0.1) is 6.04 Å². The highest BCUT2D eigenvalue weighted by Crippen LogP contribution is 2.04. The number of hydrogen-bond acceptors (Lipinski definition) is 4. The highest BCUT2D eigenvalue weighted by molar-refractivity contribution is 5.96. The number of pyridine rings is 1. The van der Waals surface area contributed by atoms with Crippen molar-refractivity contribution in [2.24, 2.45) is 5.73 Å². The molecule has 3 amide bonds. The Kier molecular flexibility index (Phi) is 4.59. The van der Waals surface area contributed by atoms with E-state index in [-0.39, 0.29) is 0 Å². The van der Waals surface area contributed by atoms with Crippen molar-refractivity contribution in [1.82, 2.24) is 15.6 Å². The molecule has 1 rings (SSSR count). The topological polar surface area (TPSA) is 97.1 Å². The molecule has 17 heavy (non-hydrogen) atoms. The Morgan fingerprint density at radius 1 is 1.53 bits per heavy atom. The second-order valence-electron chi connectivity index (χ2n) is 3.76. The van der Waals surface area contributed by atoms with Crippen molar-refractivity contribution in [3.05, 3.63) is 29.6 Å². The second-order valence-corrected chi connectivity index (χ2v) is 3.76. The van der Waals surface area contributed by atoms with Crippen molar-refractivity contribution in [3.63, 3.8) is 0 Å². The summed E-state index contributed by atoms with van der Waals surface area (Å²) in [6.45, 7) is 4.13. The molecule has 1 atom stereocenters. The minimum absolute atomic E-state index is 0.441. The summed E-state index contributed by atoms with van der Waals surface area (Å²) in [4.78, 5) is 25.8. The number of hydrogen-bond donors (Lipinski definition) is 3.